The third-order valence-corrected chi connectivity index (χ3v) is 5.93. The first kappa shape index (κ1) is 20.7. The summed E-state index contributed by atoms with van der Waals surface area (Å²) in [5.74, 6) is -0.0285. The van der Waals surface area contributed by atoms with Crippen molar-refractivity contribution in [2.45, 2.75) is 19.5 Å². The zero-order valence-corrected chi connectivity index (χ0v) is 17.8. The Labute approximate surface area is 181 Å². The van der Waals surface area contributed by atoms with Crippen molar-refractivity contribution in [3.8, 4) is 0 Å². The van der Waals surface area contributed by atoms with E-state index in [-0.39, 0.29) is 5.91 Å². The summed E-state index contributed by atoms with van der Waals surface area (Å²) in [6, 6.07) is 16.0. The Kier molecular flexibility index (Phi) is 7.18. The molecule has 30 heavy (non-hydrogen) atoms. The molecule has 0 N–H and O–H groups in total. The highest BCUT2D eigenvalue weighted by atomic mass is 32.1. The molecule has 0 radical (unpaired) electrons. The maximum atomic E-state index is 13.3. The molecule has 0 atom stereocenters. The van der Waals surface area contributed by atoms with Crippen molar-refractivity contribution < 1.29 is 9.53 Å². The smallest absolute Gasteiger partial charge is 0.273 e. The Morgan fingerprint density at radius 2 is 1.90 bits per heavy atom. The second-order valence-corrected chi connectivity index (χ2v) is 8.24. The number of morpholine rings is 1. The van der Waals surface area contributed by atoms with Gasteiger partial charge in [-0.3, -0.25) is 14.7 Å². The van der Waals surface area contributed by atoms with Crippen LogP contribution in [0.3, 0.4) is 0 Å². The van der Waals surface area contributed by atoms with E-state index in [1.165, 1.54) is 0 Å². The van der Waals surface area contributed by atoms with Crippen LogP contribution in [0.2, 0.25) is 0 Å². The van der Waals surface area contributed by atoms with Crippen LogP contribution in [0.4, 0.5) is 0 Å². The fraction of sp³-hybridized carbons (Fsp3) is 0.348. The van der Waals surface area contributed by atoms with E-state index in [1.807, 2.05) is 58.8 Å². The lowest BCUT2D eigenvalue weighted by molar-refractivity contribution is 0.0341. The molecular formula is C23H26N4O2S. The minimum Gasteiger partial charge on any atom is -0.379 e. The molecule has 1 amide bonds. The van der Waals surface area contributed by atoms with Crippen LogP contribution in [0.5, 0.6) is 0 Å². The molecular weight excluding hydrogens is 396 g/mol. The molecule has 6 nitrogen and oxygen atoms in total. The van der Waals surface area contributed by atoms with Crippen LogP contribution >= 0.6 is 11.3 Å². The average Bonchev–Trinajstić information content (AvgIpc) is 3.26. The van der Waals surface area contributed by atoms with E-state index in [0.29, 0.717) is 25.2 Å². The van der Waals surface area contributed by atoms with Crippen LogP contribution in [-0.4, -0.2) is 58.5 Å². The summed E-state index contributed by atoms with van der Waals surface area (Å²) < 4.78 is 5.41. The second-order valence-electron chi connectivity index (χ2n) is 7.30. The predicted octanol–water partition coefficient (Wildman–Crippen LogP) is 3.26. The molecule has 7 heteroatoms. The van der Waals surface area contributed by atoms with Gasteiger partial charge in [-0.1, -0.05) is 36.4 Å². The molecule has 3 aromatic rings. The first-order valence-corrected chi connectivity index (χ1v) is 11.1. The number of thiazole rings is 1. The summed E-state index contributed by atoms with van der Waals surface area (Å²) in [7, 11) is 0. The molecule has 4 rings (SSSR count). The van der Waals surface area contributed by atoms with E-state index < -0.39 is 0 Å². The number of hydrogen-bond donors (Lipinski definition) is 0. The van der Waals surface area contributed by atoms with Crippen molar-refractivity contribution in [2.24, 2.45) is 0 Å². The normalized spacial score (nSPS) is 14.5. The molecule has 1 aliphatic rings. The number of aromatic nitrogens is 2. The lowest BCUT2D eigenvalue weighted by atomic mass is 10.2. The molecule has 1 aromatic carbocycles. The quantitative estimate of drug-likeness (QED) is 0.558. The summed E-state index contributed by atoms with van der Waals surface area (Å²) in [5.41, 5.74) is 2.62. The molecule has 2 aromatic heterocycles. The summed E-state index contributed by atoms with van der Waals surface area (Å²) >= 11 is 1.56. The third-order valence-electron chi connectivity index (χ3n) is 5.10. The zero-order valence-electron chi connectivity index (χ0n) is 16.9. The van der Waals surface area contributed by atoms with Gasteiger partial charge >= 0.3 is 0 Å². The van der Waals surface area contributed by atoms with Crippen LogP contribution in [0.1, 0.15) is 26.8 Å². The van der Waals surface area contributed by atoms with E-state index in [9.17, 15) is 4.79 Å². The van der Waals surface area contributed by atoms with Crippen molar-refractivity contribution in [1.29, 1.82) is 0 Å². The number of rotatable bonds is 8. The highest BCUT2D eigenvalue weighted by Gasteiger charge is 2.20. The maximum absolute atomic E-state index is 13.3. The van der Waals surface area contributed by atoms with Gasteiger partial charge in [-0.25, -0.2) is 4.98 Å². The molecule has 3 heterocycles. The van der Waals surface area contributed by atoms with Crippen molar-refractivity contribution in [1.82, 2.24) is 19.8 Å². The molecule has 0 spiro atoms. The van der Waals surface area contributed by atoms with E-state index in [0.717, 1.165) is 49.1 Å². The minimum absolute atomic E-state index is 0.0285. The summed E-state index contributed by atoms with van der Waals surface area (Å²) in [5, 5.41) is 2.86. The summed E-state index contributed by atoms with van der Waals surface area (Å²) in [6.07, 6.45) is 2.50. The molecule has 1 aliphatic heterocycles. The number of benzene rings is 1. The van der Waals surface area contributed by atoms with Crippen molar-refractivity contribution >= 4 is 17.2 Å². The number of hydrogen-bond acceptors (Lipinski definition) is 6. The van der Waals surface area contributed by atoms with Gasteiger partial charge in [0.15, 0.2) is 0 Å². The minimum atomic E-state index is -0.0285. The topological polar surface area (TPSA) is 58.6 Å². The Hall–Kier alpha value is -2.61. The third kappa shape index (κ3) is 5.72. The van der Waals surface area contributed by atoms with Crippen LogP contribution in [0, 0.1) is 0 Å². The van der Waals surface area contributed by atoms with Gasteiger partial charge in [0.25, 0.3) is 5.91 Å². The largest absolute Gasteiger partial charge is 0.379 e. The van der Waals surface area contributed by atoms with Gasteiger partial charge in [0.05, 0.1) is 19.8 Å². The van der Waals surface area contributed by atoms with E-state index in [2.05, 4.69) is 14.9 Å². The SMILES string of the molecule is O=C(c1csc(CN2CCOCC2)n1)N(CCc1ccccn1)Cc1ccccc1. The Morgan fingerprint density at radius 1 is 1.10 bits per heavy atom. The Bertz CT molecular complexity index is 927. The second kappa shape index (κ2) is 10.4. The van der Waals surface area contributed by atoms with E-state index in [1.54, 1.807) is 17.5 Å². The standard InChI is InChI=1S/C23H26N4O2S/c28-23(21-18-30-22(25-21)17-26-12-14-29-15-13-26)27(16-19-6-2-1-3-7-19)11-9-20-8-4-5-10-24-20/h1-8,10,18H,9,11-17H2. The van der Waals surface area contributed by atoms with Crippen molar-refractivity contribution in [3.05, 3.63) is 82.1 Å². The number of carbonyl (C=O) groups excluding carboxylic acids is 1. The van der Waals surface area contributed by atoms with Crippen LogP contribution in [0.25, 0.3) is 0 Å². The lowest BCUT2D eigenvalue weighted by Gasteiger charge is -2.25. The van der Waals surface area contributed by atoms with Crippen LogP contribution in [0.15, 0.2) is 60.1 Å². The van der Waals surface area contributed by atoms with E-state index in [4.69, 9.17) is 4.74 Å². The molecule has 0 unspecified atom stereocenters. The van der Waals surface area contributed by atoms with Gasteiger partial charge in [0, 0.05) is 49.9 Å². The van der Waals surface area contributed by atoms with Crippen molar-refractivity contribution in [2.75, 3.05) is 32.8 Å². The number of amides is 1. The first-order valence-electron chi connectivity index (χ1n) is 10.3. The molecule has 0 aliphatic carbocycles. The predicted molar refractivity (Wildman–Crippen MR) is 117 cm³/mol. The van der Waals surface area contributed by atoms with Gasteiger partial charge in [0.1, 0.15) is 10.7 Å². The molecule has 0 saturated carbocycles. The number of pyridine rings is 1. The number of nitrogens with zero attached hydrogens (tertiary/aromatic N) is 4. The van der Waals surface area contributed by atoms with Gasteiger partial charge in [-0.2, -0.15) is 0 Å². The average molecular weight is 423 g/mol. The molecule has 1 saturated heterocycles. The zero-order chi connectivity index (χ0) is 20.6. The highest BCUT2D eigenvalue weighted by Crippen LogP contribution is 2.17. The first-order chi connectivity index (χ1) is 14.8. The fourth-order valence-electron chi connectivity index (χ4n) is 3.45. The fourth-order valence-corrected chi connectivity index (χ4v) is 4.26. The Balaban J connectivity index is 1.45. The van der Waals surface area contributed by atoms with Crippen molar-refractivity contribution in [3.63, 3.8) is 0 Å². The molecule has 0 bridgehead atoms. The van der Waals surface area contributed by atoms with Crippen LogP contribution < -0.4 is 0 Å². The Morgan fingerprint density at radius 3 is 2.67 bits per heavy atom. The summed E-state index contributed by atoms with van der Waals surface area (Å²) in [6.45, 7) is 5.27. The summed E-state index contributed by atoms with van der Waals surface area (Å²) in [4.78, 5) is 26.5. The van der Waals surface area contributed by atoms with Crippen LogP contribution in [-0.2, 0) is 24.2 Å². The van der Waals surface area contributed by atoms with Gasteiger partial charge in [-0.05, 0) is 17.7 Å². The van der Waals surface area contributed by atoms with Gasteiger partial charge in [-0.15, -0.1) is 11.3 Å². The maximum Gasteiger partial charge on any atom is 0.273 e. The number of carbonyl (C=O) groups is 1. The molecule has 1 fully saturated rings. The highest BCUT2D eigenvalue weighted by molar-refractivity contribution is 7.09. The monoisotopic (exact) mass is 422 g/mol. The molecule has 156 valence electrons. The van der Waals surface area contributed by atoms with E-state index >= 15 is 0 Å². The van der Waals surface area contributed by atoms with Gasteiger partial charge < -0.3 is 9.64 Å². The number of ether oxygens (including phenoxy) is 1. The van der Waals surface area contributed by atoms with Gasteiger partial charge in [0.2, 0.25) is 0 Å². The lowest BCUT2D eigenvalue weighted by Crippen LogP contribution is -2.35.